The zero-order valence-corrected chi connectivity index (χ0v) is 19.7. The number of fused-ring (bicyclic) bond motifs is 1. The molecule has 0 saturated carbocycles. The van der Waals surface area contributed by atoms with Crippen molar-refractivity contribution in [3.63, 3.8) is 0 Å². The smallest absolute Gasteiger partial charge is 0.253 e. The third kappa shape index (κ3) is 5.00. The summed E-state index contributed by atoms with van der Waals surface area (Å²) in [6, 6.07) is 13.6. The first kappa shape index (κ1) is 23.6. The van der Waals surface area contributed by atoms with E-state index in [0.29, 0.717) is 61.6 Å². The van der Waals surface area contributed by atoms with Crippen LogP contribution < -0.4 is 14.8 Å². The highest BCUT2D eigenvalue weighted by Gasteiger charge is 2.36. The zero-order valence-electron chi connectivity index (χ0n) is 19.7. The Labute approximate surface area is 199 Å². The molecule has 0 bridgehead atoms. The first-order valence-corrected chi connectivity index (χ1v) is 11.9. The molecule has 2 aromatic rings. The van der Waals surface area contributed by atoms with Crippen molar-refractivity contribution in [1.82, 2.24) is 15.1 Å². The summed E-state index contributed by atoms with van der Waals surface area (Å²) in [4.78, 5) is 42.9. The fourth-order valence-corrected chi connectivity index (χ4v) is 4.57. The number of piperidine rings is 1. The fraction of sp³-hybridized carbons (Fsp3) is 0.423. The van der Waals surface area contributed by atoms with Crippen LogP contribution in [0.15, 0.2) is 48.5 Å². The lowest BCUT2D eigenvalue weighted by molar-refractivity contribution is -0.134. The number of rotatable bonds is 7. The van der Waals surface area contributed by atoms with Gasteiger partial charge in [-0.05, 0) is 62.9 Å². The van der Waals surface area contributed by atoms with Crippen LogP contribution in [-0.4, -0.2) is 66.5 Å². The maximum absolute atomic E-state index is 13.4. The van der Waals surface area contributed by atoms with E-state index in [4.69, 9.17) is 9.47 Å². The van der Waals surface area contributed by atoms with Gasteiger partial charge in [-0.25, -0.2) is 0 Å². The molecule has 180 valence electrons. The number of nitrogens with one attached hydrogen (secondary N) is 1. The SMILES string of the molecule is CCN(CC)C(=O)[C@@H](NC(=O)c1ccc2c(c1)OCO2)C1CCN(C(=O)c2ccccc2)CC1. The normalized spacial score (nSPS) is 16.1. The quantitative estimate of drug-likeness (QED) is 0.679. The number of nitrogens with zero attached hydrogens (tertiary/aromatic N) is 2. The molecule has 2 aliphatic rings. The Balaban J connectivity index is 1.47. The molecule has 2 aliphatic heterocycles. The predicted octanol–water partition coefficient (Wildman–Crippen LogP) is 2.93. The number of likely N-dealkylation sites (N-methyl/N-ethyl adjacent to an activating group) is 1. The molecule has 8 nitrogen and oxygen atoms in total. The van der Waals surface area contributed by atoms with E-state index < -0.39 is 6.04 Å². The van der Waals surface area contributed by atoms with Crippen LogP contribution in [0.4, 0.5) is 0 Å². The first-order chi connectivity index (χ1) is 16.5. The van der Waals surface area contributed by atoms with E-state index in [1.54, 1.807) is 23.1 Å². The number of ether oxygens (including phenoxy) is 2. The van der Waals surface area contributed by atoms with Gasteiger partial charge in [-0.2, -0.15) is 0 Å². The first-order valence-electron chi connectivity index (χ1n) is 11.9. The van der Waals surface area contributed by atoms with E-state index in [1.165, 1.54) is 0 Å². The van der Waals surface area contributed by atoms with E-state index in [9.17, 15) is 14.4 Å². The molecule has 0 aromatic heterocycles. The Morgan fingerprint density at radius 3 is 2.32 bits per heavy atom. The molecule has 2 aromatic carbocycles. The summed E-state index contributed by atoms with van der Waals surface area (Å²) in [5.74, 6) is 0.634. The molecule has 1 N–H and O–H groups in total. The molecular weight excluding hydrogens is 434 g/mol. The Hall–Kier alpha value is -3.55. The highest BCUT2D eigenvalue weighted by Crippen LogP contribution is 2.32. The molecule has 1 saturated heterocycles. The number of hydrogen-bond donors (Lipinski definition) is 1. The fourth-order valence-electron chi connectivity index (χ4n) is 4.57. The number of carbonyl (C=O) groups excluding carboxylic acids is 3. The third-order valence-electron chi connectivity index (χ3n) is 6.58. The van der Waals surface area contributed by atoms with Gasteiger partial charge >= 0.3 is 0 Å². The molecule has 34 heavy (non-hydrogen) atoms. The molecule has 2 heterocycles. The molecule has 0 radical (unpaired) electrons. The van der Waals surface area contributed by atoms with Crippen LogP contribution in [0.3, 0.4) is 0 Å². The van der Waals surface area contributed by atoms with Gasteiger partial charge in [0.2, 0.25) is 12.7 Å². The summed E-state index contributed by atoms with van der Waals surface area (Å²) in [6.45, 7) is 6.21. The van der Waals surface area contributed by atoms with Crippen LogP contribution >= 0.6 is 0 Å². The molecule has 1 atom stereocenters. The molecule has 8 heteroatoms. The lowest BCUT2D eigenvalue weighted by Crippen LogP contribution is -2.54. The highest BCUT2D eigenvalue weighted by molar-refractivity contribution is 5.98. The Kier molecular flexibility index (Phi) is 7.35. The molecule has 0 unspecified atom stereocenters. The summed E-state index contributed by atoms with van der Waals surface area (Å²) in [5.41, 5.74) is 1.08. The number of benzene rings is 2. The Bertz CT molecular complexity index is 1030. The second kappa shape index (κ2) is 10.6. The minimum absolute atomic E-state index is 0.00457. The van der Waals surface area contributed by atoms with Crippen molar-refractivity contribution in [3.8, 4) is 11.5 Å². The average molecular weight is 466 g/mol. The van der Waals surface area contributed by atoms with E-state index in [-0.39, 0.29) is 30.4 Å². The number of carbonyl (C=O) groups is 3. The van der Waals surface area contributed by atoms with Crippen LogP contribution in [0, 0.1) is 5.92 Å². The topological polar surface area (TPSA) is 88.2 Å². The van der Waals surface area contributed by atoms with Crippen LogP contribution in [0.25, 0.3) is 0 Å². The highest BCUT2D eigenvalue weighted by atomic mass is 16.7. The van der Waals surface area contributed by atoms with Crippen molar-refractivity contribution in [1.29, 1.82) is 0 Å². The summed E-state index contributed by atoms with van der Waals surface area (Å²) in [5, 5.41) is 2.99. The van der Waals surface area contributed by atoms with Gasteiger partial charge < -0.3 is 24.6 Å². The van der Waals surface area contributed by atoms with Crippen LogP contribution in [0.2, 0.25) is 0 Å². The van der Waals surface area contributed by atoms with Crippen LogP contribution in [0.1, 0.15) is 47.4 Å². The number of hydrogen-bond acceptors (Lipinski definition) is 5. The zero-order chi connectivity index (χ0) is 24.1. The second-order valence-corrected chi connectivity index (χ2v) is 8.53. The molecule has 4 rings (SSSR count). The van der Waals surface area contributed by atoms with Gasteiger partial charge in [0.25, 0.3) is 11.8 Å². The minimum Gasteiger partial charge on any atom is -0.454 e. The summed E-state index contributed by atoms with van der Waals surface area (Å²) < 4.78 is 10.7. The van der Waals surface area contributed by atoms with Crippen LogP contribution in [0.5, 0.6) is 11.5 Å². The van der Waals surface area contributed by atoms with Crippen molar-refractivity contribution < 1.29 is 23.9 Å². The molecule has 1 fully saturated rings. The summed E-state index contributed by atoms with van der Waals surface area (Å²) in [6.07, 6.45) is 1.27. The lowest BCUT2D eigenvalue weighted by Gasteiger charge is -2.37. The monoisotopic (exact) mass is 465 g/mol. The maximum atomic E-state index is 13.4. The lowest BCUT2D eigenvalue weighted by atomic mass is 9.87. The standard InChI is InChI=1S/C26H31N3O5/c1-3-28(4-2)26(32)23(27-24(30)20-10-11-21-22(16-20)34-17-33-21)18-12-14-29(15-13-18)25(31)19-8-6-5-7-9-19/h5-11,16,18,23H,3-4,12-15,17H2,1-2H3,(H,27,30)/t23-/m0/s1. The minimum atomic E-state index is -0.660. The van der Waals surface area contributed by atoms with Crippen molar-refractivity contribution >= 4 is 17.7 Å². The molecule has 0 spiro atoms. The van der Waals surface area contributed by atoms with Gasteiger partial charge in [0.1, 0.15) is 6.04 Å². The van der Waals surface area contributed by atoms with Gasteiger partial charge in [0.15, 0.2) is 11.5 Å². The van der Waals surface area contributed by atoms with Crippen molar-refractivity contribution in [2.24, 2.45) is 5.92 Å². The maximum Gasteiger partial charge on any atom is 0.253 e. The summed E-state index contributed by atoms with van der Waals surface area (Å²) >= 11 is 0. The van der Waals surface area contributed by atoms with Gasteiger partial charge in [-0.15, -0.1) is 0 Å². The van der Waals surface area contributed by atoms with Gasteiger partial charge in [-0.1, -0.05) is 18.2 Å². The van der Waals surface area contributed by atoms with Crippen molar-refractivity contribution in [2.45, 2.75) is 32.7 Å². The largest absolute Gasteiger partial charge is 0.454 e. The van der Waals surface area contributed by atoms with E-state index in [0.717, 1.165) is 0 Å². The molecule has 0 aliphatic carbocycles. The van der Waals surface area contributed by atoms with Crippen molar-refractivity contribution in [2.75, 3.05) is 33.0 Å². The van der Waals surface area contributed by atoms with Gasteiger partial charge in [0, 0.05) is 37.3 Å². The van der Waals surface area contributed by atoms with E-state index >= 15 is 0 Å². The average Bonchev–Trinajstić information content (AvgIpc) is 3.36. The number of amides is 3. The predicted molar refractivity (Wildman–Crippen MR) is 127 cm³/mol. The van der Waals surface area contributed by atoms with Gasteiger partial charge in [-0.3, -0.25) is 14.4 Å². The van der Waals surface area contributed by atoms with Crippen LogP contribution in [-0.2, 0) is 4.79 Å². The molecule has 3 amide bonds. The third-order valence-corrected chi connectivity index (χ3v) is 6.58. The summed E-state index contributed by atoms with van der Waals surface area (Å²) in [7, 11) is 0. The Morgan fingerprint density at radius 2 is 1.65 bits per heavy atom. The van der Waals surface area contributed by atoms with Crippen molar-refractivity contribution in [3.05, 3.63) is 59.7 Å². The molecular formula is C26H31N3O5. The van der Waals surface area contributed by atoms with E-state index in [2.05, 4.69) is 5.32 Å². The second-order valence-electron chi connectivity index (χ2n) is 8.53. The Morgan fingerprint density at radius 1 is 0.971 bits per heavy atom. The number of likely N-dealkylation sites (tertiary alicyclic amines) is 1. The van der Waals surface area contributed by atoms with E-state index in [1.807, 2.05) is 49.1 Å². The van der Waals surface area contributed by atoms with Gasteiger partial charge in [0.05, 0.1) is 0 Å².